The molecule has 4 N–H and O–H groups in total. The molecule has 0 aromatic heterocycles. The summed E-state index contributed by atoms with van der Waals surface area (Å²) >= 11 is 0. The molecule has 0 saturated heterocycles. The molecule has 4 unspecified atom stereocenters. The van der Waals surface area contributed by atoms with Gasteiger partial charge in [-0.1, -0.05) is 99.5 Å². The average Bonchev–Trinajstić information content (AvgIpc) is 3.09. The summed E-state index contributed by atoms with van der Waals surface area (Å²) in [6.45, 7) is 4.04. The minimum Gasteiger partial charge on any atom is -0.445 e. The molecule has 0 heterocycles. The summed E-state index contributed by atoms with van der Waals surface area (Å²) in [4.78, 5) is 26.8. The first-order valence-corrected chi connectivity index (χ1v) is 18.2. The van der Waals surface area contributed by atoms with Crippen molar-refractivity contribution < 1.29 is 33.0 Å². The van der Waals surface area contributed by atoms with Crippen LogP contribution in [0.25, 0.3) is 0 Å². The second-order valence-corrected chi connectivity index (χ2v) is 14.9. The Hall–Kier alpha value is -3.77. The van der Waals surface area contributed by atoms with Gasteiger partial charge in [0.1, 0.15) is 6.61 Å². The highest BCUT2D eigenvalue weighted by molar-refractivity contribution is 7.89. The Balaban J connectivity index is 1.48. The first kappa shape index (κ1) is 37.1. The lowest BCUT2D eigenvalue weighted by atomic mass is 9.83. The van der Waals surface area contributed by atoms with E-state index in [0.29, 0.717) is 25.7 Å². The number of nitrogens with zero attached hydrogens (tertiary/aromatic N) is 1. The number of rotatable bonds is 16. The van der Waals surface area contributed by atoms with Crippen LogP contribution in [0.3, 0.4) is 0 Å². The minimum absolute atomic E-state index is 0.0473. The third-order valence-corrected chi connectivity index (χ3v) is 10.7. The zero-order valence-corrected chi connectivity index (χ0v) is 28.6. The van der Waals surface area contributed by atoms with Crippen LogP contribution in [0.15, 0.2) is 89.8 Å². The van der Waals surface area contributed by atoms with E-state index in [4.69, 9.17) is 4.74 Å². The smallest absolute Gasteiger partial charge is 0.407 e. The van der Waals surface area contributed by atoms with Crippen LogP contribution in [0.5, 0.6) is 0 Å². The lowest BCUT2D eigenvalue weighted by Crippen LogP contribution is -2.55. The molecule has 3 aromatic carbocycles. The predicted molar refractivity (Wildman–Crippen MR) is 184 cm³/mol. The van der Waals surface area contributed by atoms with Gasteiger partial charge < -0.3 is 25.6 Å². The lowest BCUT2D eigenvalue weighted by molar-refractivity contribution is -0.128. The Labute approximate surface area is 284 Å². The van der Waals surface area contributed by atoms with Gasteiger partial charge in [0.15, 0.2) is 0 Å². The summed E-state index contributed by atoms with van der Waals surface area (Å²) in [6, 6.07) is 23.5. The van der Waals surface area contributed by atoms with Gasteiger partial charge in [0.2, 0.25) is 15.9 Å². The van der Waals surface area contributed by atoms with Gasteiger partial charge in [0.25, 0.3) is 0 Å². The number of carbonyl (C=O) groups is 2. The average molecular weight is 680 g/mol. The number of hydrogen-bond donors (Lipinski definition) is 4. The largest absolute Gasteiger partial charge is 0.445 e. The van der Waals surface area contributed by atoms with E-state index in [2.05, 4.69) is 10.6 Å². The molecule has 48 heavy (non-hydrogen) atoms. The fourth-order valence-corrected chi connectivity index (χ4v) is 7.42. The number of ether oxygens (including phenoxy) is 1. The van der Waals surface area contributed by atoms with Crippen LogP contribution in [-0.2, 0) is 39.2 Å². The van der Waals surface area contributed by atoms with Crippen LogP contribution in [0, 0.1) is 11.8 Å². The molecule has 260 valence electrons. The molecule has 0 aliphatic heterocycles. The Morgan fingerprint density at radius 1 is 0.896 bits per heavy atom. The first-order chi connectivity index (χ1) is 23.1. The summed E-state index contributed by atoms with van der Waals surface area (Å²) in [5.41, 5.74) is 2.42. The van der Waals surface area contributed by atoms with E-state index in [-0.39, 0.29) is 43.0 Å². The Morgan fingerprint density at radius 3 is 2.17 bits per heavy atom. The molecule has 1 aliphatic rings. The van der Waals surface area contributed by atoms with Crippen LogP contribution in [0.2, 0.25) is 0 Å². The molecule has 4 atom stereocenters. The number of nitrogens with one attached hydrogen (secondary N) is 2. The number of aliphatic hydroxyl groups excluding tert-OH is 2. The maximum atomic E-state index is 13.9. The van der Waals surface area contributed by atoms with Gasteiger partial charge in [-0.2, -0.15) is 4.31 Å². The number of benzene rings is 3. The fourth-order valence-electron chi connectivity index (χ4n) is 5.93. The number of alkyl carbamates (subject to hydrolysis) is 1. The van der Waals surface area contributed by atoms with Crippen molar-refractivity contribution in [3.05, 3.63) is 102 Å². The molecule has 1 saturated carbocycles. The number of carbonyl (C=O) groups excluding carboxylic acids is 2. The maximum Gasteiger partial charge on any atom is 0.407 e. The van der Waals surface area contributed by atoms with Crippen molar-refractivity contribution in [3.8, 4) is 0 Å². The molecule has 10 nitrogen and oxygen atoms in total. The number of hydrogen-bond acceptors (Lipinski definition) is 7. The van der Waals surface area contributed by atoms with Crippen LogP contribution >= 0.6 is 0 Å². The van der Waals surface area contributed by atoms with Crippen molar-refractivity contribution in [2.45, 2.75) is 88.7 Å². The molecule has 3 aromatic rings. The second kappa shape index (κ2) is 18.1. The van der Waals surface area contributed by atoms with Crippen LogP contribution in [0.4, 0.5) is 4.79 Å². The standard InChI is InChI=1S/C37H49N3O7S/c1-27(2)21-22-40(48(45,46)31-13-7-4-8-14-31)24-35(42)34(23-28-11-5-3-6-12-28)38-36(43)32-15-9-10-16-33(32)39-37(44)47-26-30-19-17-29(25-41)18-20-30/h3-8,11-14,17-20,27,32-35,41-42H,9-10,15-16,21-26H2,1-2H3,(H,38,43)(H,39,44). The monoisotopic (exact) mass is 679 g/mol. The molecular weight excluding hydrogens is 630 g/mol. The Kier molecular flexibility index (Phi) is 14.0. The lowest BCUT2D eigenvalue weighted by Gasteiger charge is -2.34. The van der Waals surface area contributed by atoms with E-state index in [9.17, 15) is 28.2 Å². The van der Waals surface area contributed by atoms with Crippen molar-refractivity contribution in [2.24, 2.45) is 11.8 Å². The van der Waals surface area contributed by atoms with Crippen molar-refractivity contribution in [1.29, 1.82) is 0 Å². The Morgan fingerprint density at radius 2 is 1.52 bits per heavy atom. The van der Waals surface area contributed by atoms with Gasteiger partial charge >= 0.3 is 6.09 Å². The molecule has 4 rings (SSSR count). The Bertz CT molecular complexity index is 1540. The van der Waals surface area contributed by atoms with Gasteiger partial charge in [-0.25, -0.2) is 13.2 Å². The van der Waals surface area contributed by atoms with Crippen LogP contribution < -0.4 is 10.6 Å². The molecule has 0 spiro atoms. The fraction of sp³-hybridized carbons (Fsp3) is 0.459. The number of aliphatic hydroxyl groups is 2. The zero-order valence-electron chi connectivity index (χ0n) is 27.8. The topological polar surface area (TPSA) is 145 Å². The molecule has 11 heteroatoms. The molecule has 1 fully saturated rings. The number of amides is 2. The summed E-state index contributed by atoms with van der Waals surface area (Å²) in [7, 11) is -3.91. The quantitative estimate of drug-likeness (QED) is 0.170. The highest BCUT2D eigenvalue weighted by atomic mass is 32.2. The van der Waals surface area contributed by atoms with E-state index < -0.39 is 40.2 Å². The van der Waals surface area contributed by atoms with E-state index in [0.717, 1.165) is 29.5 Å². The summed E-state index contributed by atoms with van der Waals surface area (Å²) in [6.07, 6.45) is 1.87. The second-order valence-electron chi connectivity index (χ2n) is 12.9. The van der Waals surface area contributed by atoms with Gasteiger partial charge in [-0.15, -0.1) is 0 Å². The summed E-state index contributed by atoms with van der Waals surface area (Å²) in [5.74, 6) is -0.616. The number of sulfonamides is 1. The highest BCUT2D eigenvalue weighted by Crippen LogP contribution is 2.26. The molecule has 0 bridgehead atoms. The SMILES string of the molecule is CC(C)CCN(CC(O)C(Cc1ccccc1)NC(=O)C1CCCCC1NC(=O)OCc1ccc(CO)cc1)S(=O)(=O)c1ccccc1. The van der Waals surface area contributed by atoms with E-state index >= 15 is 0 Å². The minimum atomic E-state index is -3.91. The van der Waals surface area contributed by atoms with E-state index in [1.54, 1.807) is 54.6 Å². The van der Waals surface area contributed by atoms with Crippen LogP contribution in [0.1, 0.15) is 62.6 Å². The molecule has 2 amide bonds. The van der Waals surface area contributed by atoms with Crippen molar-refractivity contribution in [2.75, 3.05) is 13.1 Å². The summed E-state index contributed by atoms with van der Waals surface area (Å²) in [5, 5.41) is 26.8. The summed E-state index contributed by atoms with van der Waals surface area (Å²) < 4.78 is 34.2. The third-order valence-electron chi connectivity index (χ3n) is 8.80. The highest BCUT2D eigenvalue weighted by Gasteiger charge is 2.36. The zero-order chi connectivity index (χ0) is 34.5. The first-order valence-electron chi connectivity index (χ1n) is 16.8. The maximum absolute atomic E-state index is 13.9. The third kappa shape index (κ3) is 10.9. The van der Waals surface area contributed by atoms with Crippen molar-refractivity contribution in [3.63, 3.8) is 0 Å². The van der Waals surface area contributed by atoms with E-state index in [1.165, 1.54) is 4.31 Å². The van der Waals surface area contributed by atoms with Gasteiger partial charge in [0, 0.05) is 19.1 Å². The van der Waals surface area contributed by atoms with Crippen molar-refractivity contribution in [1.82, 2.24) is 14.9 Å². The molecule has 1 aliphatic carbocycles. The normalized spacial score (nSPS) is 17.9. The van der Waals surface area contributed by atoms with Crippen molar-refractivity contribution >= 4 is 22.0 Å². The van der Waals surface area contributed by atoms with Crippen LogP contribution in [-0.4, -0.2) is 66.2 Å². The van der Waals surface area contributed by atoms with Gasteiger partial charge in [-0.05, 0) is 60.4 Å². The van der Waals surface area contributed by atoms with E-state index in [1.807, 2.05) is 44.2 Å². The van der Waals surface area contributed by atoms with Gasteiger partial charge in [0.05, 0.1) is 29.6 Å². The molecule has 0 radical (unpaired) electrons. The van der Waals surface area contributed by atoms with Gasteiger partial charge in [-0.3, -0.25) is 4.79 Å². The molecular formula is C37H49N3O7S. The predicted octanol–water partition coefficient (Wildman–Crippen LogP) is 4.79.